The number of carboxylic acid groups (broad SMARTS) is 1. The van der Waals surface area contributed by atoms with Crippen molar-refractivity contribution in [2.75, 3.05) is 13.1 Å². The van der Waals surface area contributed by atoms with Gasteiger partial charge in [0.05, 0.1) is 0 Å². The minimum atomic E-state index is -0.878. The standard InChI is InChI=1S/C18H28N2O3/c1-13-5-4-10-18(2,3)15(13)6-7-16(21)19-14-8-11-20(12-9-14)17(22)23/h6-7,14H,4-5,8-12H2,1-3H3,(H,19,21)(H,22,23). The van der Waals surface area contributed by atoms with E-state index in [0.717, 1.165) is 12.8 Å². The molecule has 1 aliphatic carbocycles. The fourth-order valence-electron chi connectivity index (χ4n) is 3.63. The lowest BCUT2D eigenvalue weighted by atomic mass is 9.72. The molecule has 1 saturated heterocycles. The Morgan fingerprint density at radius 1 is 1.30 bits per heavy atom. The quantitative estimate of drug-likeness (QED) is 0.784. The summed E-state index contributed by atoms with van der Waals surface area (Å²) in [4.78, 5) is 24.4. The number of nitrogens with zero attached hydrogens (tertiary/aromatic N) is 1. The van der Waals surface area contributed by atoms with Crippen LogP contribution in [0.1, 0.15) is 52.9 Å². The van der Waals surface area contributed by atoms with Crippen LogP contribution in [0.4, 0.5) is 4.79 Å². The summed E-state index contributed by atoms with van der Waals surface area (Å²) in [7, 11) is 0. The summed E-state index contributed by atoms with van der Waals surface area (Å²) in [5.74, 6) is -0.0829. The van der Waals surface area contributed by atoms with Gasteiger partial charge in [-0.25, -0.2) is 4.79 Å². The van der Waals surface area contributed by atoms with Crippen LogP contribution >= 0.6 is 0 Å². The molecule has 128 valence electrons. The number of rotatable bonds is 3. The Hall–Kier alpha value is -1.78. The van der Waals surface area contributed by atoms with Crippen LogP contribution in [0.5, 0.6) is 0 Å². The van der Waals surface area contributed by atoms with Gasteiger partial charge < -0.3 is 15.3 Å². The van der Waals surface area contributed by atoms with Gasteiger partial charge in [0.2, 0.25) is 5.91 Å². The maximum absolute atomic E-state index is 12.1. The topological polar surface area (TPSA) is 69.6 Å². The van der Waals surface area contributed by atoms with Gasteiger partial charge in [-0.05, 0) is 50.0 Å². The first-order chi connectivity index (χ1) is 10.8. The largest absolute Gasteiger partial charge is 0.465 e. The number of hydrogen-bond donors (Lipinski definition) is 2. The molecule has 0 unspecified atom stereocenters. The van der Waals surface area contributed by atoms with E-state index in [-0.39, 0.29) is 17.4 Å². The van der Waals surface area contributed by atoms with Gasteiger partial charge in [0.25, 0.3) is 0 Å². The predicted molar refractivity (Wildman–Crippen MR) is 90.2 cm³/mol. The summed E-state index contributed by atoms with van der Waals surface area (Å²) < 4.78 is 0. The predicted octanol–water partition coefficient (Wildman–Crippen LogP) is 3.33. The third-order valence-corrected chi connectivity index (χ3v) is 5.06. The summed E-state index contributed by atoms with van der Waals surface area (Å²) in [6, 6.07) is 0.0668. The average Bonchev–Trinajstić information content (AvgIpc) is 2.46. The first-order valence-corrected chi connectivity index (χ1v) is 8.46. The highest BCUT2D eigenvalue weighted by atomic mass is 16.4. The molecule has 1 aliphatic heterocycles. The number of likely N-dealkylation sites (tertiary alicyclic amines) is 1. The highest BCUT2D eigenvalue weighted by molar-refractivity contribution is 5.88. The second-order valence-electron chi connectivity index (χ2n) is 7.32. The van der Waals surface area contributed by atoms with Crippen molar-refractivity contribution in [2.45, 2.75) is 58.9 Å². The molecule has 1 fully saturated rings. The highest BCUT2D eigenvalue weighted by Gasteiger charge is 2.27. The fraction of sp³-hybridized carbons (Fsp3) is 0.667. The van der Waals surface area contributed by atoms with Gasteiger partial charge in [-0.2, -0.15) is 0 Å². The van der Waals surface area contributed by atoms with Crippen molar-refractivity contribution in [3.05, 3.63) is 23.3 Å². The summed E-state index contributed by atoms with van der Waals surface area (Å²) in [6.45, 7) is 7.59. The number of carbonyl (C=O) groups is 2. The van der Waals surface area contributed by atoms with Gasteiger partial charge in [0, 0.05) is 25.2 Å². The van der Waals surface area contributed by atoms with E-state index >= 15 is 0 Å². The number of nitrogens with one attached hydrogen (secondary N) is 1. The molecular weight excluding hydrogens is 292 g/mol. The van der Waals surface area contributed by atoms with E-state index in [1.807, 2.05) is 6.08 Å². The van der Waals surface area contributed by atoms with Crippen LogP contribution in [-0.2, 0) is 4.79 Å². The fourth-order valence-corrected chi connectivity index (χ4v) is 3.63. The third-order valence-electron chi connectivity index (χ3n) is 5.06. The van der Waals surface area contributed by atoms with E-state index in [9.17, 15) is 9.59 Å². The molecule has 0 spiro atoms. The SMILES string of the molecule is CC1=C(C=CC(=O)NC2CCN(C(=O)O)CC2)C(C)(C)CCC1. The summed E-state index contributed by atoms with van der Waals surface area (Å²) >= 11 is 0. The van der Waals surface area contributed by atoms with Gasteiger partial charge in [0.1, 0.15) is 0 Å². The van der Waals surface area contributed by atoms with Crippen molar-refractivity contribution >= 4 is 12.0 Å². The molecule has 0 aromatic rings. The van der Waals surface area contributed by atoms with Gasteiger partial charge in [-0.3, -0.25) is 4.79 Å². The normalized spacial score (nSPS) is 22.5. The molecule has 0 atom stereocenters. The number of hydrogen-bond acceptors (Lipinski definition) is 2. The minimum Gasteiger partial charge on any atom is -0.465 e. The van der Waals surface area contributed by atoms with Crippen LogP contribution in [0.25, 0.3) is 0 Å². The van der Waals surface area contributed by atoms with Crippen molar-refractivity contribution in [3.63, 3.8) is 0 Å². The van der Waals surface area contributed by atoms with Gasteiger partial charge in [-0.1, -0.05) is 25.5 Å². The number of carbonyl (C=O) groups excluding carboxylic acids is 1. The van der Waals surface area contributed by atoms with E-state index < -0.39 is 6.09 Å². The Morgan fingerprint density at radius 3 is 2.52 bits per heavy atom. The van der Waals surface area contributed by atoms with Crippen LogP contribution in [0.2, 0.25) is 0 Å². The molecule has 2 N–H and O–H groups in total. The monoisotopic (exact) mass is 320 g/mol. The third kappa shape index (κ3) is 4.60. The van der Waals surface area contributed by atoms with E-state index in [1.165, 1.54) is 22.5 Å². The molecule has 5 nitrogen and oxygen atoms in total. The van der Waals surface area contributed by atoms with E-state index in [4.69, 9.17) is 5.11 Å². The van der Waals surface area contributed by atoms with Gasteiger partial charge in [0.15, 0.2) is 0 Å². The van der Waals surface area contributed by atoms with Crippen molar-refractivity contribution in [3.8, 4) is 0 Å². The Balaban J connectivity index is 1.89. The Kier molecular flexibility index (Phi) is 5.50. The lowest BCUT2D eigenvalue weighted by Crippen LogP contribution is -2.45. The van der Waals surface area contributed by atoms with Crippen LogP contribution < -0.4 is 5.32 Å². The molecule has 1 heterocycles. The second kappa shape index (κ2) is 7.20. The Labute approximate surface area is 138 Å². The molecule has 0 aromatic heterocycles. The smallest absolute Gasteiger partial charge is 0.407 e. The van der Waals surface area contributed by atoms with Gasteiger partial charge >= 0.3 is 6.09 Å². The molecule has 5 heteroatoms. The average molecular weight is 320 g/mol. The van der Waals surface area contributed by atoms with Gasteiger partial charge in [-0.15, -0.1) is 0 Å². The van der Waals surface area contributed by atoms with Crippen molar-refractivity contribution < 1.29 is 14.7 Å². The van der Waals surface area contributed by atoms with E-state index in [2.05, 4.69) is 26.1 Å². The van der Waals surface area contributed by atoms with E-state index in [0.29, 0.717) is 25.9 Å². The molecule has 0 aromatic carbocycles. The number of piperidine rings is 1. The molecule has 0 bridgehead atoms. The summed E-state index contributed by atoms with van der Waals surface area (Å²) in [5.41, 5.74) is 2.78. The zero-order valence-electron chi connectivity index (χ0n) is 14.4. The lowest BCUT2D eigenvalue weighted by molar-refractivity contribution is -0.117. The molecular formula is C18H28N2O3. The van der Waals surface area contributed by atoms with Crippen molar-refractivity contribution in [2.24, 2.45) is 5.41 Å². The number of amides is 2. The summed E-state index contributed by atoms with van der Waals surface area (Å²) in [6.07, 6.45) is 7.56. The van der Waals surface area contributed by atoms with Crippen LogP contribution in [0, 0.1) is 5.41 Å². The second-order valence-corrected chi connectivity index (χ2v) is 7.32. The molecule has 0 saturated carbocycles. The Bertz CT molecular complexity index is 526. The first-order valence-electron chi connectivity index (χ1n) is 8.46. The van der Waals surface area contributed by atoms with Crippen LogP contribution in [0.15, 0.2) is 23.3 Å². The van der Waals surface area contributed by atoms with Crippen LogP contribution in [0.3, 0.4) is 0 Å². The zero-order valence-corrected chi connectivity index (χ0v) is 14.4. The molecule has 2 aliphatic rings. The highest BCUT2D eigenvalue weighted by Crippen LogP contribution is 2.40. The maximum atomic E-state index is 12.1. The first kappa shape index (κ1) is 17.6. The lowest BCUT2D eigenvalue weighted by Gasteiger charge is -2.33. The molecule has 23 heavy (non-hydrogen) atoms. The zero-order chi connectivity index (χ0) is 17.0. The van der Waals surface area contributed by atoms with Crippen molar-refractivity contribution in [1.82, 2.24) is 10.2 Å². The van der Waals surface area contributed by atoms with Crippen molar-refractivity contribution in [1.29, 1.82) is 0 Å². The maximum Gasteiger partial charge on any atom is 0.407 e. The Morgan fingerprint density at radius 2 is 1.96 bits per heavy atom. The summed E-state index contributed by atoms with van der Waals surface area (Å²) in [5, 5.41) is 11.9. The molecule has 2 rings (SSSR count). The van der Waals surface area contributed by atoms with E-state index in [1.54, 1.807) is 6.08 Å². The molecule has 0 radical (unpaired) electrons. The van der Waals surface area contributed by atoms with Crippen LogP contribution in [-0.4, -0.2) is 41.1 Å². The number of allylic oxidation sites excluding steroid dienone is 3. The minimum absolute atomic E-state index is 0.0668. The molecule has 2 amide bonds.